The number of pyridine rings is 1. The van der Waals surface area contributed by atoms with Crippen molar-refractivity contribution >= 4 is 23.5 Å². The van der Waals surface area contributed by atoms with E-state index < -0.39 is 0 Å². The van der Waals surface area contributed by atoms with Gasteiger partial charge in [0, 0.05) is 17.3 Å². The Hall–Kier alpha value is -1.23. The van der Waals surface area contributed by atoms with Crippen LogP contribution in [0.2, 0.25) is 0 Å². The van der Waals surface area contributed by atoms with Crippen LogP contribution >= 0.6 is 11.8 Å². The number of thioether (sulfide) groups is 1. The standard InChI is InChI=1S/C12H19N3OS/c1-8(4-5-17-3)15-12(16)10-6-9(2)14-11(13)7-10/h6-8H,4-5H2,1-3H3,(H2,13,14)(H,15,16). The summed E-state index contributed by atoms with van der Waals surface area (Å²) >= 11 is 1.78. The number of anilines is 1. The number of nitrogens with zero attached hydrogens (tertiary/aromatic N) is 1. The Bertz CT molecular complexity index is 375. The topological polar surface area (TPSA) is 68.0 Å². The largest absolute Gasteiger partial charge is 0.384 e. The number of hydrogen-bond donors (Lipinski definition) is 2. The van der Waals surface area contributed by atoms with Crippen LogP contribution in [-0.4, -0.2) is 28.9 Å². The number of carbonyl (C=O) groups is 1. The normalized spacial score (nSPS) is 12.2. The molecule has 1 heterocycles. The predicted molar refractivity (Wildman–Crippen MR) is 73.3 cm³/mol. The van der Waals surface area contributed by atoms with Crippen molar-refractivity contribution < 1.29 is 4.79 Å². The minimum atomic E-state index is -0.0872. The number of aromatic nitrogens is 1. The second-order valence-electron chi connectivity index (χ2n) is 4.08. The van der Waals surface area contributed by atoms with Crippen LogP contribution in [0.15, 0.2) is 12.1 Å². The number of amides is 1. The van der Waals surface area contributed by atoms with Gasteiger partial charge in [-0.25, -0.2) is 4.98 Å². The molecule has 5 heteroatoms. The van der Waals surface area contributed by atoms with E-state index in [1.54, 1.807) is 23.9 Å². The van der Waals surface area contributed by atoms with Gasteiger partial charge in [0.1, 0.15) is 5.82 Å². The van der Waals surface area contributed by atoms with Gasteiger partial charge in [-0.2, -0.15) is 11.8 Å². The minimum Gasteiger partial charge on any atom is -0.384 e. The molecular weight excluding hydrogens is 234 g/mol. The van der Waals surface area contributed by atoms with E-state index in [1.807, 2.05) is 13.8 Å². The molecule has 0 aliphatic heterocycles. The van der Waals surface area contributed by atoms with Crippen molar-refractivity contribution in [2.75, 3.05) is 17.7 Å². The van der Waals surface area contributed by atoms with Crippen LogP contribution in [0.3, 0.4) is 0 Å². The number of rotatable bonds is 5. The number of nitrogen functional groups attached to an aromatic ring is 1. The second-order valence-corrected chi connectivity index (χ2v) is 5.06. The Kier molecular flexibility index (Phi) is 5.28. The van der Waals surface area contributed by atoms with Gasteiger partial charge < -0.3 is 11.1 Å². The molecule has 0 saturated carbocycles. The van der Waals surface area contributed by atoms with Gasteiger partial charge in [0.2, 0.25) is 0 Å². The zero-order valence-electron chi connectivity index (χ0n) is 10.5. The van der Waals surface area contributed by atoms with Gasteiger partial charge in [0.25, 0.3) is 5.91 Å². The molecule has 3 N–H and O–H groups in total. The molecule has 1 unspecified atom stereocenters. The van der Waals surface area contributed by atoms with Crippen molar-refractivity contribution in [2.24, 2.45) is 0 Å². The maximum atomic E-state index is 11.9. The van der Waals surface area contributed by atoms with E-state index in [0.717, 1.165) is 17.9 Å². The summed E-state index contributed by atoms with van der Waals surface area (Å²) < 4.78 is 0. The van der Waals surface area contributed by atoms with Crippen molar-refractivity contribution in [3.8, 4) is 0 Å². The summed E-state index contributed by atoms with van der Waals surface area (Å²) in [5.41, 5.74) is 6.95. The van der Waals surface area contributed by atoms with Crippen LogP contribution in [-0.2, 0) is 0 Å². The third kappa shape index (κ3) is 4.65. The molecule has 0 radical (unpaired) electrons. The van der Waals surface area contributed by atoms with Crippen LogP contribution < -0.4 is 11.1 Å². The van der Waals surface area contributed by atoms with Gasteiger partial charge in [0.15, 0.2) is 0 Å². The van der Waals surface area contributed by atoms with E-state index in [2.05, 4.69) is 16.6 Å². The molecule has 0 aromatic carbocycles. The van der Waals surface area contributed by atoms with Crippen molar-refractivity contribution in [2.45, 2.75) is 26.3 Å². The summed E-state index contributed by atoms with van der Waals surface area (Å²) in [6.07, 6.45) is 3.02. The molecule has 0 bridgehead atoms. The molecule has 1 amide bonds. The average molecular weight is 253 g/mol. The maximum absolute atomic E-state index is 11.9. The molecule has 0 aliphatic rings. The van der Waals surface area contributed by atoms with Crippen molar-refractivity contribution in [3.05, 3.63) is 23.4 Å². The van der Waals surface area contributed by atoms with E-state index in [-0.39, 0.29) is 11.9 Å². The highest BCUT2D eigenvalue weighted by Gasteiger charge is 2.10. The Morgan fingerprint density at radius 3 is 2.88 bits per heavy atom. The zero-order chi connectivity index (χ0) is 12.8. The third-order valence-corrected chi connectivity index (χ3v) is 3.01. The van der Waals surface area contributed by atoms with Crippen molar-refractivity contribution in [1.29, 1.82) is 0 Å². The fourth-order valence-electron chi connectivity index (χ4n) is 1.50. The van der Waals surface area contributed by atoms with Gasteiger partial charge in [-0.15, -0.1) is 0 Å². The first-order valence-electron chi connectivity index (χ1n) is 5.57. The van der Waals surface area contributed by atoms with Gasteiger partial charge >= 0.3 is 0 Å². The highest BCUT2D eigenvalue weighted by atomic mass is 32.2. The average Bonchev–Trinajstić information content (AvgIpc) is 2.25. The fourth-order valence-corrected chi connectivity index (χ4v) is 2.09. The van der Waals surface area contributed by atoms with Gasteiger partial charge in [-0.3, -0.25) is 4.79 Å². The highest BCUT2D eigenvalue weighted by molar-refractivity contribution is 7.98. The third-order valence-electron chi connectivity index (χ3n) is 2.37. The quantitative estimate of drug-likeness (QED) is 0.840. The predicted octanol–water partition coefficient (Wildman–Crippen LogP) is 1.84. The summed E-state index contributed by atoms with van der Waals surface area (Å²) in [5.74, 6) is 1.33. The SMILES string of the molecule is CSCCC(C)NC(=O)c1cc(C)nc(N)c1. The first-order valence-corrected chi connectivity index (χ1v) is 6.96. The Morgan fingerprint density at radius 2 is 2.29 bits per heavy atom. The molecule has 1 atom stereocenters. The first kappa shape index (κ1) is 13.8. The smallest absolute Gasteiger partial charge is 0.251 e. The van der Waals surface area contributed by atoms with E-state index in [0.29, 0.717) is 11.4 Å². The molecule has 0 spiro atoms. The van der Waals surface area contributed by atoms with Crippen LogP contribution in [0.5, 0.6) is 0 Å². The molecular formula is C12H19N3OS. The number of nitrogens with two attached hydrogens (primary N) is 1. The molecule has 1 aromatic rings. The summed E-state index contributed by atoms with van der Waals surface area (Å²) in [6.45, 7) is 3.83. The number of carbonyl (C=O) groups excluding carboxylic acids is 1. The number of nitrogens with one attached hydrogen (secondary N) is 1. The lowest BCUT2D eigenvalue weighted by Crippen LogP contribution is -2.33. The van der Waals surface area contributed by atoms with Crippen molar-refractivity contribution in [1.82, 2.24) is 10.3 Å². The molecule has 4 nitrogen and oxygen atoms in total. The molecule has 0 saturated heterocycles. The van der Waals surface area contributed by atoms with Crippen molar-refractivity contribution in [3.63, 3.8) is 0 Å². The molecule has 0 fully saturated rings. The van der Waals surface area contributed by atoms with Crippen LogP contribution in [0.4, 0.5) is 5.82 Å². The van der Waals surface area contributed by atoms with Gasteiger partial charge in [0.05, 0.1) is 0 Å². The second kappa shape index (κ2) is 6.49. The Balaban J connectivity index is 2.63. The fraction of sp³-hybridized carbons (Fsp3) is 0.500. The van der Waals surface area contributed by atoms with E-state index in [1.165, 1.54) is 0 Å². The highest BCUT2D eigenvalue weighted by Crippen LogP contribution is 2.08. The lowest BCUT2D eigenvalue weighted by atomic mass is 10.2. The monoisotopic (exact) mass is 253 g/mol. The Labute approximate surface area is 106 Å². The lowest BCUT2D eigenvalue weighted by molar-refractivity contribution is 0.0939. The minimum absolute atomic E-state index is 0.0872. The lowest BCUT2D eigenvalue weighted by Gasteiger charge is -2.13. The number of aryl methyl sites for hydroxylation is 1. The molecule has 0 aliphatic carbocycles. The molecule has 1 rings (SSSR count). The van der Waals surface area contributed by atoms with Gasteiger partial charge in [-0.1, -0.05) is 0 Å². The molecule has 17 heavy (non-hydrogen) atoms. The van der Waals surface area contributed by atoms with E-state index in [9.17, 15) is 4.79 Å². The summed E-state index contributed by atoms with van der Waals surface area (Å²) in [4.78, 5) is 16.0. The summed E-state index contributed by atoms with van der Waals surface area (Å²) in [7, 11) is 0. The molecule has 94 valence electrons. The van der Waals surface area contributed by atoms with Crippen LogP contribution in [0, 0.1) is 6.92 Å². The number of hydrogen-bond acceptors (Lipinski definition) is 4. The van der Waals surface area contributed by atoms with E-state index in [4.69, 9.17) is 5.73 Å². The first-order chi connectivity index (χ1) is 8.02. The molecule has 1 aromatic heterocycles. The summed E-state index contributed by atoms with van der Waals surface area (Å²) in [5, 5.41) is 2.95. The van der Waals surface area contributed by atoms with Crippen LogP contribution in [0.25, 0.3) is 0 Å². The summed E-state index contributed by atoms with van der Waals surface area (Å²) in [6, 6.07) is 3.51. The van der Waals surface area contributed by atoms with Gasteiger partial charge in [-0.05, 0) is 44.4 Å². The van der Waals surface area contributed by atoms with Crippen LogP contribution in [0.1, 0.15) is 29.4 Å². The maximum Gasteiger partial charge on any atom is 0.251 e. The zero-order valence-corrected chi connectivity index (χ0v) is 11.3. The Morgan fingerprint density at radius 1 is 1.59 bits per heavy atom. The van der Waals surface area contributed by atoms with E-state index >= 15 is 0 Å².